The molecule has 6 heteroatoms. The molecule has 2 heterocycles. The van der Waals surface area contributed by atoms with Crippen LogP contribution in [0.1, 0.15) is 32.6 Å². The van der Waals surface area contributed by atoms with Gasteiger partial charge in [0.25, 0.3) is 10.0 Å². The van der Waals surface area contributed by atoms with Crippen LogP contribution in [0.4, 0.5) is 0 Å². The highest BCUT2D eigenvalue weighted by molar-refractivity contribution is 7.91. The third kappa shape index (κ3) is 3.18. The third-order valence-corrected chi connectivity index (χ3v) is 7.09. The predicted octanol–water partition coefficient (Wildman–Crippen LogP) is 2.03. The minimum absolute atomic E-state index is 0.00478. The second kappa shape index (κ2) is 5.16. The van der Waals surface area contributed by atoms with Gasteiger partial charge in [-0.05, 0) is 24.5 Å². The molecular formula is C13H22N2O2S2. The van der Waals surface area contributed by atoms with Crippen LogP contribution in [0.25, 0.3) is 0 Å². The molecule has 1 fully saturated rings. The number of nitrogens with zero attached hydrogens (tertiary/aromatic N) is 1. The topological polar surface area (TPSA) is 49.4 Å². The summed E-state index contributed by atoms with van der Waals surface area (Å²) in [5.41, 5.74) is -0.00478. The minimum atomic E-state index is -3.32. The molecule has 1 aromatic heterocycles. The quantitative estimate of drug-likeness (QED) is 0.909. The molecule has 19 heavy (non-hydrogen) atoms. The Bertz CT molecular complexity index is 543. The SMILES string of the molecule is CC1CN(S(=O)(=O)c2ccc(C(C)(C)C)s2)CCN1. The second-order valence-corrected chi connectivity index (χ2v) is 9.34. The molecule has 1 saturated heterocycles. The molecule has 4 nitrogen and oxygen atoms in total. The van der Waals surface area contributed by atoms with Gasteiger partial charge in [-0.3, -0.25) is 0 Å². The molecule has 1 aliphatic heterocycles. The Morgan fingerprint density at radius 1 is 1.37 bits per heavy atom. The fourth-order valence-corrected chi connectivity index (χ4v) is 5.15. The average molecular weight is 302 g/mol. The molecule has 0 spiro atoms. The molecule has 0 amide bonds. The van der Waals surface area contributed by atoms with Gasteiger partial charge >= 0.3 is 0 Å². The summed E-state index contributed by atoms with van der Waals surface area (Å²) in [6.45, 7) is 10.1. The standard InChI is InChI=1S/C13H22N2O2S2/c1-10-9-15(8-7-14-10)19(16,17)12-6-5-11(18-12)13(2,3)4/h5-6,10,14H,7-9H2,1-4H3. The number of nitrogens with one attached hydrogen (secondary N) is 1. The van der Waals surface area contributed by atoms with E-state index in [0.717, 1.165) is 11.4 Å². The third-order valence-electron chi connectivity index (χ3n) is 3.25. The normalized spacial score (nSPS) is 22.6. The first-order chi connectivity index (χ1) is 8.71. The molecule has 1 unspecified atom stereocenters. The van der Waals surface area contributed by atoms with Crippen molar-refractivity contribution in [2.45, 2.75) is 43.4 Å². The first-order valence-corrected chi connectivity index (χ1v) is 8.81. The van der Waals surface area contributed by atoms with Crippen molar-refractivity contribution >= 4 is 21.4 Å². The molecule has 0 radical (unpaired) electrons. The fourth-order valence-electron chi connectivity index (χ4n) is 2.10. The summed E-state index contributed by atoms with van der Waals surface area (Å²) < 4.78 is 27.2. The van der Waals surface area contributed by atoms with Gasteiger partial charge < -0.3 is 5.32 Å². The smallest absolute Gasteiger partial charge is 0.252 e. The van der Waals surface area contributed by atoms with Gasteiger partial charge in [-0.25, -0.2) is 8.42 Å². The zero-order valence-corrected chi connectivity index (χ0v) is 13.6. The number of rotatable bonds is 2. The number of thiophene rings is 1. The summed E-state index contributed by atoms with van der Waals surface area (Å²) in [5.74, 6) is 0. The van der Waals surface area contributed by atoms with Crippen molar-refractivity contribution in [3.8, 4) is 0 Å². The Morgan fingerprint density at radius 2 is 2.05 bits per heavy atom. The van der Waals surface area contributed by atoms with Gasteiger partial charge in [0.05, 0.1) is 0 Å². The van der Waals surface area contributed by atoms with E-state index in [2.05, 4.69) is 26.1 Å². The van der Waals surface area contributed by atoms with Gasteiger partial charge in [0.1, 0.15) is 4.21 Å². The Balaban J connectivity index is 2.27. The summed E-state index contributed by atoms with van der Waals surface area (Å²) >= 11 is 1.39. The van der Waals surface area contributed by atoms with E-state index in [9.17, 15) is 8.42 Å². The monoisotopic (exact) mass is 302 g/mol. The molecule has 0 saturated carbocycles. The molecule has 1 N–H and O–H groups in total. The van der Waals surface area contributed by atoms with Gasteiger partial charge in [0.15, 0.2) is 0 Å². The molecule has 1 aliphatic rings. The summed E-state index contributed by atoms with van der Waals surface area (Å²) in [5, 5.41) is 3.26. The summed E-state index contributed by atoms with van der Waals surface area (Å²) in [7, 11) is -3.32. The highest BCUT2D eigenvalue weighted by Gasteiger charge is 2.30. The molecule has 0 aromatic carbocycles. The van der Waals surface area contributed by atoms with Crippen molar-refractivity contribution in [3.05, 3.63) is 17.0 Å². The number of hydrogen-bond donors (Lipinski definition) is 1. The van der Waals surface area contributed by atoms with Crippen molar-refractivity contribution in [3.63, 3.8) is 0 Å². The molecule has 0 bridgehead atoms. The Kier molecular flexibility index (Phi) is 4.07. The van der Waals surface area contributed by atoms with Crippen LogP contribution in [0.3, 0.4) is 0 Å². The van der Waals surface area contributed by atoms with Gasteiger partial charge in [-0.2, -0.15) is 4.31 Å². The molecule has 2 rings (SSSR count). The lowest BCUT2D eigenvalue weighted by Gasteiger charge is -2.30. The largest absolute Gasteiger partial charge is 0.312 e. The fraction of sp³-hybridized carbons (Fsp3) is 0.692. The maximum atomic E-state index is 12.6. The minimum Gasteiger partial charge on any atom is -0.312 e. The van der Waals surface area contributed by atoms with Gasteiger partial charge in [-0.15, -0.1) is 11.3 Å². The van der Waals surface area contributed by atoms with Gasteiger partial charge in [0.2, 0.25) is 0 Å². The number of sulfonamides is 1. The van der Waals surface area contributed by atoms with Crippen LogP contribution in [0.15, 0.2) is 16.3 Å². The maximum Gasteiger partial charge on any atom is 0.252 e. The van der Waals surface area contributed by atoms with Crippen LogP contribution in [0, 0.1) is 0 Å². The molecule has 1 atom stereocenters. The Hall–Kier alpha value is -0.430. The lowest BCUT2D eigenvalue weighted by molar-refractivity contribution is 0.311. The first kappa shape index (κ1) is 15.0. The van der Waals surface area contributed by atoms with Crippen molar-refractivity contribution in [1.29, 1.82) is 0 Å². The van der Waals surface area contributed by atoms with E-state index in [4.69, 9.17) is 0 Å². The molecular weight excluding hydrogens is 280 g/mol. The van der Waals surface area contributed by atoms with Crippen molar-refractivity contribution < 1.29 is 8.42 Å². The van der Waals surface area contributed by atoms with Crippen LogP contribution in [-0.2, 0) is 15.4 Å². The lowest BCUT2D eigenvalue weighted by Crippen LogP contribution is -2.51. The molecule has 0 aliphatic carbocycles. The van der Waals surface area contributed by atoms with Gasteiger partial charge in [0, 0.05) is 30.6 Å². The number of piperazine rings is 1. The van der Waals surface area contributed by atoms with Crippen LogP contribution < -0.4 is 5.32 Å². The highest BCUT2D eigenvalue weighted by Crippen LogP contribution is 2.33. The Labute approximate surface area is 119 Å². The summed E-state index contributed by atoms with van der Waals surface area (Å²) in [6.07, 6.45) is 0. The lowest BCUT2D eigenvalue weighted by atomic mass is 9.95. The van der Waals surface area contributed by atoms with Crippen LogP contribution in [0.2, 0.25) is 0 Å². The van der Waals surface area contributed by atoms with Crippen LogP contribution in [-0.4, -0.2) is 38.4 Å². The van der Waals surface area contributed by atoms with E-state index in [1.165, 1.54) is 11.3 Å². The summed E-state index contributed by atoms with van der Waals surface area (Å²) in [4.78, 5) is 1.11. The van der Waals surface area contributed by atoms with Crippen molar-refractivity contribution in [2.24, 2.45) is 0 Å². The Morgan fingerprint density at radius 3 is 2.58 bits per heavy atom. The van der Waals surface area contributed by atoms with Crippen molar-refractivity contribution in [1.82, 2.24) is 9.62 Å². The molecule has 1 aromatic rings. The van der Waals surface area contributed by atoms with Crippen LogP contribution >= 0.6 is 11.3 Å². The first-order valence-electron chi connectivity index (χ1n) is 6.55. The highest BCUT2D eigenvalue weighted by atomic mass is 32.2. The zero-order chi connectivity index (χ0) is 14.3. The van der Waals surface area contributed by atoms with Crippen molar-refractivity contribution in [2.75, 3.05) is 19.6 Å². The molecule has 108 valence electrons. The van der Waals surface area contributed by atoms with E-state index >= 15 is 0 Å². The van der Waals surface area contributed by atoms with E-state index in [1.807, 2.05) is 13.0 Å². The summed E-state index contributed by atoms with van der Waals surface area (Å²) in [6, 6.07) is 3.89. The van der Waals surface area contributed by atoms with E-state index < -0.39 is 10.0 Å². The zero-order valence-electron chi connectivity index (χ0n) is 11.9. The average Bonchev–Trinajstić information content (AvgIpc) is 2.78. The van der Waals surface area contributed by atoms with Gasteiger partial charge in [-0.1, -0.05) is 20.8 Å². The van der Waals surface area contributed by atoms with E-state index in [1.54, 1.807) is 10.4 Å². The number of hydrogen-bond acceptors (Lipinski definition) is 4. The van der Waals surface area contributed by atoms with E-state index in [0.29, 0.717) is 17.3 Å². The second-order valence-electron chi connectivity index (χ2n) is 6.09. The van der Waals surface area contributed by atoms with E-state index in [-0.39, 0.29) is 11.5 Å². The predicted molar refractivity (Wildman–Crippen MR) is 79.2 cm³/mol. The van der Waals surface area contributed by atoms with Crippen LogP contribution in [0.5, 0.6) is 0 Å². The maximum absolute atomic E-state index is 12.6.